The predicted octanol–water partition coefficient (Wildman–Crippen LogP) is 5.47. The molecule has 32 heavy (non-hydrogen) atoms. The van der Waals surface area contributed by atoms with Crippen molar-refractivity contribution in [2.24, 2.45) is 0 Å². The molecule has 2 atom stereocenters. The van der Waals surface area contributed by atoms with Gasteiger partial charge in [0.2, 0.25) is 0 Å². The molecule has 0 radical (unpaired) electrons. The number of hydrogen-bond donors (Lipinski definition) is 1. The zero-order valence-electron chi connectivity index (χ0n) is 17.9. The molecule has 3 aromatic rings. The van der Waals surface area contributed by atoms with Crippen LogP contribution < -0.4 is 10.1 Å². The zero-order valence-corrected chi connectivity index (χ0v) is 18.7. The summed E-state index contributed by atoms with van der Waals surface area (Å²) in [6.07, 6.45) is -0.260. The fourth-order valence-corrected chi connectivity index (χ4v) is 4.09. The molecule has 1 aromatic carbocycles. The summed E-state index contributed by atoms with van der Waals surface area (Å²) in [6.45, 7) is 4.58. The summed E-state index contributed by atoms with van der Waals surface area (Å²) in [5, 5.41) is 4.43. The standard InChI is InChI=1S/C22H23F3N4O2S/c1-11(14-5-4-6-15(18(14)23)19(24)25)26-20-16-9-17(31-13-7-8-30-10-13)22(32-3)29-21(16)28-12(2)27-20/h4-6,9,11,13,19H,7-8,10H2,1-3H3,(H,26,27,28,29)/t11-,13+/m1/s1. The molecule has 0 unspecified atom stereocenters. The van der Waals surface area contributed by atoms with Crippen LogP contribution in [0.15, 0.2) is 29.3 Å². The number of benzene rings is 1. The maximum atomic E-state index is 14.7. The van der Waals surface area contributed by atoms with Gasteiger partial charge in [-0.2, -0.15) is 0 Å². The smallest absolute Gasteiger partial charge is 0.266 e. The lowest BCUT2D eigenvalue weighted by atomic mass is 10.0. The highest BCUT2D eigenvalue weighted by Gasteiger charge is 2.23. The first-order valence-electron chi connectivity index (χ1n) is 10.2. The second kappa shape index (κ2) is 9.50. The van der Waals surface area contributed by atoms with E-state index < -0.39 is 23.8 Å². The Kier molecular flexibility index (Phi) is 6.71. The summed E-state index contributed by atoms with van der Waals surface area (Å²) in [7, 11) is 0. The summed E-state index contributed by atoms with van der Waals surface area (Å²) in [6, 6.07) is 5.17. The third-order valence-corrected chi connectivity index (χ3v) is 5.90. The van der Waals surface area contributed by atoms with E-state index in [4.69, 9.17) is 9.47 Å². The minimum Gasteiger partial charge on any atom is -0.485 e. The van der Waals surface area contributed by atoms with E-state index in [1.807, 2.05) is 12.3 Å². The van der Waals surface area contributed by atoms with Crippen molar-refractivity contribution in [1.29, 1.82) is 0 Å². The van der Waals surface area contributed by atoms with Crippen LogP contribution in [0.2, 0.25) is 0 Å². The number of nitrogens with zero attached hydrogens (tertiary/aromatic N) is 3. The van der Waals surface area contributed by atoms with Gasteiger partial charge in [0.05, 0.1) is 30.2 Å². The molecule has 1 fully saturated rings. The Hall–Kier alpha value is -2.59. The molecule has 0 aliphatic carbocycles. The Labute approximate surface area is 188 Å². The Bertz CT molecular complexity index is 1130. The average molecular weight is 465 g/mol. The number of aromatic nitrogens is 3. The number of nitrogens with one attached hydrogen (secondary N) is 1. The van der Waals surface area contributed by atoms with Crippen molar-refractivity contribution in [2.45, 2.75) is 43.9 Å². The van der Waals surface area contributed by atoms with Crippen molar-refractivity contribution in [3.05, 3.63) is 47.0 Å². The monoisotopic (exact) mass is 464 g/mol. The Morgan fingerprint density at radius 1 is 1.22 bits per heavy atom. The number of alkyl halides is 2. The first-order chi connectivity index (χ1) is 15.4. The van der Waals surface area contributed by atoms with Crippen molar-refractivity contribution >= 4 is 28.6 Å². The van der Waals surface area contributed by atoms with Crippen molar-refractivity contribution in [3.8, 4) is 5.75 Å². The van der Waals surface area contributed by atoms with E-state index in [0.29, 0.717) is 46.7 Å². The minimum absolute atomic E-state index is 0.0620. The van der Waals surface area contributed by atoms with Crippen LogP contribution in [0.5, 0.6) is 5.75 Å². The average Bonchev–Trinajstić information content (AvgIpc) is 3.26. The predicted molar refractivity (Wildman–Crippen MR) is 117 cm³/mol. The SMILES string of the molecule is CSc1nc2nc(C)nc(N[C@H](C)c3cccc(C(F)F)c3F)c2cc1O[C@H]1CCOC1. The summed E-state index contributed by atoms with van der Waals surface area (Å²) in [5.74, 6) is 0.570. The molecule has 0 amide bonds. The van der Waals surface area contributed by atoms with Crippen molar-refractivity contribution in [1.82, 2.24) is 15.0 Å². The molecule has 4 rings (SSSR count). The van der Waals surface area contributed by atoms with Gasteiger partial charge in [0.1, 0.15) is 28.6 Å². The molecule has 1 aliphatic rings. The molecule has 1 saturated heterocycles. The van der Waals surface area contributed by atoms with Crippen LogP contribution in [0, 0.1) is 12.7 Å². The van der Waals surface area contributed by atoms with Crippen LogP contribution in [-0.2, 0) is 4.74 Å². The van der Waals surface area contributed by atoms with Gasteiger partial charge >= 0.3 is 0 Å². The summed E-state index contributed by atoms with van der Waals surface area (Å²) < 4.78 is 52.4. The number of hydrogen-bond acceptors (Lipinski definition) is 7. The van der Waals surface area contributed by atoms with E-state index in [-0.39, 0.29) is 11.7 Å². The number of halogens is 3. The maximum absolute atomic E-state index is 14.7. The number of rotatable bonds is 7. The molecule has 170 valence electrons. The first-order valence-corrected chi connectivity index (χ1v) is 11.4. The van der Waals surface area contributed by atoms with Crippen LogP contribution in [-0.4, -0.2) is 40.5 Å². The van der Waals surface area contributed by atoms with Gasteiger partial charge in [0.25, 0.3) is 6.43 Å². The van der Waals surface area contributed by atoms with Gasteiger partial charge < -0.3 is 14.8 Å². The fourth-order valence-electron chi connectivity index (χ4n) is 3.61. The van der Waals surface area contributed by atoms with Gasteiger partial charge in [-0.25, -0.2) is 28.1 Å². The molecule has 3 heterocycles. The minimum atomic E-state index is -2.89. The van der Waals surface area contributed by atoms with Crippen LogP contribution in [0.3, 0.4) is 0 Å². The number of pyridine rings is 1. The van der Waals surface area contributed by atoms with Crippen molar-refractivity contribution < 1.29 is 22.6 Å². The van der Waals surface area contributed by atoms with Gasteiger partial charge in [-0.1, -0.05) is 18.2 Å². The molecule has 0 spiro atoms. The van der Waals surface area contributed by atoms with E-state index in [2.05, 4.69) is 20.3 Å². The Morgan fingerprint density at radius 3 is 2.69 bits per heavy atom. The van der Waals surface area contributed by atoms with Crippen LogP contribution in [0.1, 0.15) is 42.8 Å². The van der Waals surface area contributed by atoms with E-state index in [1.165, 1.54) is 23.9 Å². The largest absolute Gasteiger partial charge is 0.485 e. The van der Waals surface area contributed by atoms with Crippen molar-refractivity contribution in [3.63, 3.8) is 0 Å². The van der Waals surface area contributed by atoms with Crippen LogP contribution in [0.4, 0.5) is 19.0 Å². The van der Waals surface area contributed by atoms with Gasteiger partial charge in [-0.15, -0.1) is 11.8 Å². The fraction of sp³-hybridized carbons (Fsp3) is 0.409. The Morgan fingerprint density at radius 2 is 2.00 bits per heavy atom. The molecule has 0 bridgehead atoms. The lowest BCUT2D eigenvalue weighted by molar-refractivity contribution is 0.139. The van der Waals surface area contributed by atoms with E-state index >= 15 is 0 Å². The first kappa shape index (κ1) is 22.6. The highest BCUT2D eigenvalue weighted by atomic mass is 32.2. The second-order valence-corrected chi connectivity index (χ2v) is 8.30. The second-order valence-electron chi connectivity index (χ2n) is 7.51. The number of ether oxygens (including phenoxy) is 2. The maximum Gasteiger partial charge on any atom is 0.266 e. The lowest BCUT2D eigenvalue weighted by Gasteiger charge is -2.19. The van der Waals surface area contributed by atoms with Crippen LogP contribution >= 0.6 is 11.8 Å². The Balaban J connectivity index is 1.72. The summed E-state index contributed by atoms with van der Waals surface area (Å²) >= 11 is 1.44. The van der Waals surface area contributed by atoms with Gasteiger partial charge in [0.15, 0.2) is 11.4 Å². The number of fused-ring (bicyclic) bond motifs is 1. The lowest BCUT2D eigenvalue weighted by Crippen LogP contribution is -2.17. The normalized spacial score (nSPS) is 17.2. The van der Waals surface area contributed by atoms with Gasteiger partial charge in [-0.05, 0) is 26.2 Å². The molecule has 2 aromatic heterocycles. The third-order valence-electron chi connectivity index (χ3n) is 5.22. The van der Waals surface area contributed by atoms with E-state index in [0.717, 1.165) is 12.5 Å². The quantitative estimate of drug-likeness (QED) is 0.465. The van der Waals surface area contributed by atoms with E-state index in [1.54, 1.807) is 13.8 Å². The molecule has 6 nitrogen and oxygen atoms in total. The number of thioether (sulfide) groups is 1. The molecule has 1 N–H and O–H groups in total. The molecule has 10 heteroatoms. The third kappa shape index (κ3) is 4.61. The van der Waals surface area contributed by atoms with E-state index in [9.17, 15) is 13.2 Å². The summed E-state index contributed by atoms with van der Waals surface area (Å²) in [5.41, 5.74) is -0.0329. The molecule has 1 aliphatic heterocycles. The number of anilines is 1. The topological polar surface area (TPSA) is 69.2 Å². The van der Waals surface area contributed by atoms with Crippen LogP contribution in [0.25, 0.3) is 11.0 Å². The molecular weight excluding hydrogens is 441 g/mol. The molecule has 0 saturated carbocycles. The highest BCUT2D eigenvalue weighted by Crippen LogP contribution is 2.35. The summed E-state index contributed by atoms with van der Waals surface area (Å²) in [4.78, 5) is 13.5. The van der Waals surface area contributed by atoms with Gasteiger partial charge in [-0.3, -0.25) is 0 Å². The number of aryl methyl sites for hydroxylation is 1. The molecular formula is C22H23F3N4O2S. The van der Waals surface area contributed by atoms with Crippen molar-refractivity contribution in [2.75, 3.05) is 24.8 Å². The zero-order chi connectivity index (χ0) is 22.8. The highest BCUT2D eigenvalue weighted by molar-refractivity contribution is 7.98. The van der Waals surface area contributed by atoms with Gasteiger partial charge in [0, 0.05) is 12.0 Å².